The number of benzene rings is 1. The van der Waals surface area contributed by atoms with E-state index in [0.717, 1.165) is 36.6 Å². The normalized spacial score (nSPS) is 15.8. The first-order valence-electron chi connectivity index (χ1n) is 8.69. The number of carbonyl (C=O) groups excluding carboxylic acids is 1. The van der Waals surface area contributed by atoms with Crippen LogP contribution in [-0.2, 0) is 4.79 Å². The number of fused-ring (bicyclic) bond motifs is 1. The molecule has 25 heavy (non-hydrogen) atoms. The lowest BCUT2D eigenvalue weighted by Crippen LogP contribution is -2.37. The van der Waals surface area contributed by atoms with Crippen LogP contribution in [0.3, 0.4) is 0 Å². The first-order valence-corrected chi connectivity index (χ1v) is 9.07. The monoisotopic (exact) mass is 363 g/mol. The van der Waals surface area contributed by atoms with Crippen molar-refractivity contribution in [2.24, 2.45) is 0 Å². The molecule has 2 aromatic rings. The number of ether oxygens (including phenoxy) is 1. The molecule has 1 fully saturated rings. The zero-order valence-corrected chi connectivity index (χ0v) is 15.0. The Morgan fingerprint density at radius 2 is 1.96 bits per heavy atom. The molecule has 1 aromatic carbocycles. The van der Waals surface area contributed by atoms with Crippen LogP contribution in [-0.4, -0.2) is 18.6 Å². The molecule has 0 bridgehead atoms. The minimum atomic E-state index is -0.427. The van der Waals surface area contributed by atoms with E-state index >= 15 is 0 Å². The number of aryl methyl sites for hydroxylation is 1. The molecule has 0 unspecified atom stereocenters. The second-order valence-corrected chi connectivity index (χ2v) is 6.98. The molecule has 1 N–H and O–H groups in total. The molecule has 0 spiro atoms. The maximum atomic E-state index is 12.1. The minimum Gasteiger partial charge on any atom is -0.482 e. The van der Waals surface area contributed by atoms with Gasteiger partial charge in [0.1, 0.15) is 11.3 Å². The van der Waals surface area contributed by atoms with E-state index in [-0.39, 0.29) is 18.6 Å². The predicted molar refractivity (Wildman–Crippen MR) is 97.4 cm³/mol. The Bertz CT molecular complexity index is 822. The van der Waals surface area contributed by atoms with Gasteiger partial charge in [-0.1, -0.05) is 37.3 Å². The van der Waals surface area contributed by atoms with Crippen molar-refractivity contribution < 1.29 is 13.9 Å². The third-order valence-electron chi connectivity index (χ3n) is 4.58. The van der Waals surface area contributed by atoms with Crippen LogP contribution < -0.4 is 15.7 Å². The number of amides is 1. The van der Waals surface area contributed by atoms with E-state index in [2.05, 4.69) is 5.32 Å². The summed E-state index contributed by atoms with van der Waals surface area (Å²) in [6.07, 6.45) is 6.82. The summed E-state index contributed by atoms with van der Waals surface area (Å²) in [5.74, 6) is 0.174. The van der Waals surface area contributed by atoms with E-state index in [0.29, 0.717) is 16.4 Å². The van der Waals surface area contributed by atoms with Crippen LogP contribution >= 0.6 is 11.6 Å². The molecule has 0 radical (unpaired) electrons. The Hall–Kier alpha value is -2.01. The van der Waals surface area contributed by atoms with Gasteiger partial charge in [-0.25, -0.2) is 4.79 Å². The van der Waals surface area contributed by atoms with Crippen LogP contribution in [0.4, 0.5) is 0 Å². The smallest absolute Gasteiger partial charge is 0.336 e. The number of hydrogen-bond acceptors (Lipinski definition) is 4. The van der Waals surface area contributed by atoms with Gasteiger partial charge in [-0.05, 0) is 31.4 Å². The minimum absolute atomic E-state index is 0.113. The Morgan fingerprint density at radius 3 is 2.68 bits per heavy atom. The molecule has 5 nitrogen and oxygen atoms in total. The summed E-state index contributed by atoms with van der Waals surface area (Å²) in [4.78, 5) is 23.6. The lowest BCUT2D eigenvalue weighted by atomic mass is 10.1. The average molecular weight is 364 g/mol. The van der Waals surface area contributed by atoms with Gasteiger partial charge in [0.05, 0.1) is 5.02 Å². The van der Waals surface area contributed by atoms with Gasteiger partial charge in [0.15, 0.2) is 6.61 Å². The summed E-state index contributed by atoms with van der Waals surface area (Å²) in [7, 11) is 0. The molecule has 1 heterocycles. The van der Waals surface area contributed by atoms with Gasteiger partial charge in [0, 0.05) is 23.6 Å². The highest BCUT2D eigenvalue weighted by Gasteiger charge is 2.16. The largest absolute Gasteiger partial charge is 0.482 e. The van der Waals surface area contributed by atoms with Gasteiger partial charge in [0.2, 0.25) is 0 Å². The topological polar surface area (TPSA) is 68.5 Å². The molecular formula is C19H22ClNO4. The first kappa shape index (κ1) is 17.8. The van der Waals surface area contributed by atoms with Crippen LogP contribution in [0, 0.1) is 6.92 Å². The second kappa shape index (κ2) is 7.91. The number of nitrogens with one attached hydrogen (secondary N) is 1. The van der Waals surface area contributed by atoms with Crippen molar-refractivity contribution in [3.05, 3.63) is 39.2 Å². The third kappa shape index (κ3) is 4.54. The summed E-state index contributed by atoms with van der Waals surface area (Å²) < 4.78 is 10.7. The lowest BCUT2D eigenvalue weighted by Gasteiger charge is -2.16. The van der Waals surface area contributed by atoms with Gasteiger partial charge in [-0.2, -0.15) is 0 Å². The van der Waals surface area contributed by atoms with Crippen LogP contribution in [0.15, 0.2) is 27.4 Å². The summed E-state index contributed by atoms with van der Waals surface area (Å²) in [5.41, 5.74) is 0.753. The van der Waals surface area contributed by atoms with Crippen molar-refractivity contribution in [1.29, 1.82) is 0 Å². The molecule has 1 aromatic heterocycles. The van der Waals surface area contributed by atoms with E-state index in [4.69, 9.17) is 20.8 Å². The number of hydrogen-bond donors (Lipinski definition) is 1. The lowest BCUT2D eigenvalue weighted by molar-refractivity contribution is -0.123. The van der Waals surface area contributed by atoms with Crippen molar-refractivity contribution >= 4 is 28.5 Å². The molecule has 0 aliphatic heterocycles. The van der Waals surface area contributed by atoms with Crippen LogP contribution in [0.2, 0.25) is 5.02 Å². The Kier molecular flexibility index (Phi) is 5.63. The zero-order chi connectivity index (χ0) is 17.8. The van der Waals surface area contributed by atoms with E-state index in [1.165, 1.54) is 18.9 Å². The SMILES string of the molecule is Cc1cc(=O)oc2cc(OCC(=O)NC3CCCCCC3)c(Cl)cc12. The van der Waals surface area contributed by atoms with Gasteiger partial charge >= 0.3 is 5.63 Å². The highest BCUT2D eigenvalue weighted by atomic mass is 35.5. The van der Waals surface area contributed by atoms with Gasteiger partial charge in [-0.3, -0.25) is 4.79 Å². The van der Waals surface area contributed by atoms with Crippen molar-refractivity contribution in [3.8, 4) is 5.75 Å². The Balaban J connectivity index is 1.67. The van der Waals surface area contributed by atoms with Gasteiger partial charge < -0.3 is 14.5 Å². The molecule has 1 aliphatic carbocycles. The zero-order valence-electron chi connectivity index (χ0n) is 14.3. The number of halogens is 1. The van der Waals surface area contributed by atoms with Crippen LogP contribution in [0.25, 0.3) is 11.0 Å². The Labute approximate surface area is 151 Å². The van der Waals surface area contributed by atoms with Crippen molar-refractivity contribution in [3.63, 3.8) is 0 Å². The van der Waals surface area contributed by atoms with Crippen LogP contribution in [0.5, 0.6) is 5.75 Å². The molecule has 3 rings (SSSR count). The maximum absolute atomic E-state index is 12.1. The molecule has 6 heteroatoms. The molecule has 0 atom stereocenters. The fourth-order valence-electron chi connectivity index (χ4n) is 3.27. The van der Waals surface area contributed by atoms with E-state index in [9.17, 15) is 9.59 Å². The van der Waals surface area contributed by atoms with Gasteiger partial charge in [-0.15, -0.1) is 0 Å². The van der Waals surface area contributed by atoms with Crippen molar-refractivity contribution in [2.75, 3.05) is 6.61 Å². The standard InChI is InChI=1S/C19H22ClNO4/c1-12-8-19(23)25-16-10-17(15(20)9-14(12)16)24-11-18(22)21-13-6-4-2-3-5-7-13/h8-10,13H,2-7,11H2,1H3,(H,21,22). The van der Waals surface area contributed by atoms with E-state index in [1.807, 2.05) is 6.92 Å². The summed E-state index contributed by atoms with van der Waals surface area (Å²) in [6.45, 7) is 1.70. The second-order valence-electron chi connectivity index (χ2n) is 6.57. The fourth-order valence-corrected chi connectivity index (χ4v) is 3.48. The molecule has 0 saturated heterocycles. The quantitative estimate of drug-likeness (QED) is 0.659. The highest BCUT2D eigenvalue weighted by molar-refractivity contribution is 6.32. The average Bonchev–Trinajstić information content (AvgIpc) is 2.82. The Morgan fingerprint density at radius 1 is 1.24 bits per heavy atom. The number of carbonyl (C=O) groups is 1. The molecule has 134 valence electrons. The van der Waals surface area contributed by atoms with E-state index < -0.39 is 5.63 Å². The van der Waals surface area contributed by atoms with E-state index in [1.54, 1.807) is 12.1 Å². The molecule has 1 amide bonds. The first-order chi connectivity index (χ1) is 12.0. The summed E-state index contributed by atoms with van der Waals surface area (Å²) in [6, 6.07) is 4.89. The van der Waals surface area contributed by atoms with Crippen molar-refractivity contribution in [1.82, 2.24) is 5.32 Å². The molecule has 1 aliphatic rings. The van der Waals surface area contributed by atoms with Crippen LogP contribution in [0.1, 0.15) is 44.1 Å². The fraction of sp³-hybridized carbons (Fsp3) is 0.474. The maximum Gasteiger partial charge on any atom is 0.336 e. The third-order valence-corrected chi connectivity index (χ3v) is 4.88. The summed E-state index contributed by atoms with van der Waals surface area (Å²) >= 11 is 6.24. The van der Waals surface area contributed by atoms with Gasteiger partial charge in [0.25, 0.3) is 5.91 Å². The highest BCUT2D eigenvalue weighted by Crippen LogP contribution is 2.31. The predicted octanol–water partition coefficient (Wildman–Crippen LogP) is 3.97. The summed E-state index contributed by atoms with van der Waals surface area (Å²) in [5, 5.41) is 4.15. The molecule has 1 saturated carbocycles. The molecular weight excluding hydrogens is 342 g/mol. The van der Waals surface area contributed by atoms with Crippen molar-refractivity contribution in [2.45, 2.75) is 51.5 Å². The number of rotatable bonds is 4.